The number of hydrogen-bond acceptors (Lipinski definition) is 3. The topological polar surface area (TPSA) is 66.9 Å². The van der Waals surface area contributed by atoms with Crippen LogP contribution in [0.2, 0.25) is 0 Å². The monoisotopic (exact) mass is 315 g/mol. The van der Waals surface area contributed by atoms with Gasteiger partial charge in [0.2, 0.25) is 5.91 Å². The third-order valence-corrected chi connectivity index (χ3v) is 4.19. The Morgan fingerprint density at radius 1 is 1.23 bits per heavy atom. The van der Waals surface area contributed by atoms with E-state index < -0.39 is 0 Å². The van der Waals surface area contributed by atoms with E-state index in [1.165, 1.54) is 0 Å². The summed E-state index contributed by atoms with van der Waals surface area (Å²) in [4.78, 5) is 27.9. The summed E-state index contributed by atoms with van der Waals surface area (Å²) < 4.78 is 1.88. The van der Waals surface area contributed by atoms with Gasteiger partial charge in [-0.15, -0.1) is 0 Å². The molecule has 0 radical (unpaired) electrons. The van der Waals surface area contributed by atoms with Gasteiger partial charge in [0, 0.05) is 18.4 Å². The zero-order valence-electron chi connectivity index (χ0n) is 12.4. The number of anilines is 1. The Morgan fingerprint density at radius 2 is 1.91 bits per heavy atom. The molecule has 5 nitrogen and oxygen atoms in total. The first kappa shape index (κ1) is 14.7. The van der Waals surface area contributed by atoms with Crippen molar-refractivity contribution in [3.05, 3.63) is 56.6 Å². The highest BCUT2D eigenvalue weighted by molar-refractivity contribution is 7.71. The standard InChI is InChI=1S/C16H17N3O2S/c1-9(2)19-15(21)13-11(10-6-4-3-5-7-10)8-12(20)17-14(13)18-16(19)22/h3-7,9,11H,8H2,1-2H3,(H,17,20)(H,18,22). The molecule has 0 spiro atoms. The fraction of sp³-hybridized carbons (Fsp3) is 0.312. The van der Waals surface area contributed by atoms with Crippen molar-refractivity contribution in [1.82, 2.24) is 9.55 Å². The summed E-state index contributed by atoms with van der Waals surface area (Å²) in [6.07, 6.45) is 0.259. The average Bonchev–Trinajstić information content (AvgIpc) is 2.46. The number of benzene rings is 1. The van der Waals surface area contributed by atoms with E-state index in [9.17, 15) is 9.59 Å². The molecule has 2 heterocycles. The summed E-state index contributed by atoms with van der Waals surface area (Å²) in [5.41, 5.74) is 1.40. The summed E-state index contributed by atoms with van der Waals surface area (Å²) in [6, 6.07) is 9.57. The Hall–Kier alpha value is -2.21. The molecule has 114 valence electrons. The van der Waals surface area contributed by atoms with E-state index in [1.54, 1.807) is 4.57 Å². The molecule has 1 atom stereocenters. The van der Waals surface area contributed by atoms with Gasteiger partial charge in [0.1, 0.15) is 5.82 Å². The summed E-state index contributed by atoms with van der Waals surface area (Å²) >= 11 is 5.25. The van der Waals surface area contributed by atoms with Gasteiger partial charge >= 0.3 is 0 Å². The molecule has 1 aromatic heterocycles. The molecular formula is C16H17N3O2S. The second-order valence-electron chi connectivity index (χ2n) is 5.70. The van der Waals surface area contributed by atoms with Crippen LogP contribution in [-0.2, 0) is 4.79 Å². The Labute approximate surface area is 133 Å². The number of H-pyrrole nitrogens is 1. The van der Waals surface area contributed by atoms with Crippen LogP contribution in [0.3, 0.4) is 0 Å². The van der Waals surface area contributed by atoms with Crippen LogP contribution in [0.1, 0.15) is 43.4 Å². The summed E-state index contributed by atoms with van der Waals surface area (Å²) in [5.74, 6) is 0.0556. The number of fused-ring (bicyclic) bond motifs is 1. The van der Waals surface area contributed by atoms with Crippen molar-refractivity contribution in [2.24, 2.45) is 0 Å². The molecule has 1 aliphatic rings. The Morgan fingerprint density at radius 3 is 2.55 bits per heavy atom. The lowest BCUT2D eigenvalue weighted by atomic mass is 9.87. The van der Waals surface area contributed by atoms with Crippen molar-refractivity contribution < 1.29 is 4.79 Å². The predicted molar refractivity (Wildman–Crippen MR) is 87.8 cm³/mol. The first-order valence-electron chi connectivity index (χ1n) is 7.22. The third-order valence-electron chi connectivity index (χ3n) is 3.89. The molecule has 0 saturated carbocycles. The summed E-state index contributed by atoms with van der Waals surface area (Å²) in [6.45, 7) is 3.83. The average molecular weight is 315 g/mol. The van der Waals surface area contributed by atoms with E-state index in [1.807, 2.05) is 44.2 Å². The van der Waals surface area contributed by atoms with Gasteiger partial charge in [0.05, 0.1) is 5.56 Å². The molecule has 1 amide bonds. The Bertz CT molecular complexity index is 837. The molecule has 0 bridgehead atoms. The van der Waals surface area contributed by atoms with Crippen LogP contribution >= 0.6 is 12.2 Å². The summed E-state index contributed by atoms with van der Waals surface area (Å²) in [7, 11) is 0. The molecule has 1 aliphatic heterocycles. The quantitative estimate of drug-likeness (QED) is 0.837. The third kappa shape index (κ3) is 2.39. The molecule has 0 saturated heterocycles. The highest BCUT2D eigenvalue weighted by atomic mass is 32.1. The number of aromatic nitrogens is 2. The van der Waals surface area contributed by atoms with Crippen LogP contribution in [0.25, 0.3) is 0 Å². The van der Waals surface area contributed by atoms with Gasteiger partial charge < -0.3 is 10.3 Å². The zero-order chi connectivity index (χ0) is 15.9. The highest BCUT2D eigenvalue weighted by Gasteiger charge is 2.31. The Balaban J connectivity index is 2.28. The van der Waals surface area contributed by atoms with Gasteiger partial charge in [0.15, 0.2) is 4.77 Å². The van der Waals surface area contributed by atoms with Gasteiger partial charge in [-0.25, -0.2) is 0 Å². The van der Waals surface area contributed by atoms with E-state index in [-0.39, 0.29) is 29.8 Å². The predicted octanol–water partition coefficient (Wildman–Crippen LogP) is 2.96. The second kappa shape index (κ2) is 5.53. The number of carbonyl (C=O) groups excluding carboxylic acids is 1. The minimum Gasteiger partial charge on any atom is -0.318 e. The maximum absolute atomic E-state index is 12.9. The lowest BCUT2D eigenvalue weighted by Gasteiger charge is -2.26. The van der Waals surface area contributed by atoms with Crippen LogP contribution in [0.5, 0.6) is 0 Å². The number of amides is 1. The van der Waals surface area contributed by atoms with Crippen LogP contribution in [-0.4, -0.2) is 15.5 Å². The minimum absolute atomic E-state index is 0.0457. The van der Waals surface area contributed by atoms with Crippen LogP contribution < -0.4 is 10.9 Å². The fourth-order valence-electron chi connectivity index (χ4n) is 2.90. The van der Waals surface area contributed by atoms with E-state index >= 15 is 0 Å². The maximum atomic E-state index is 12.9. The van der Waals surface area contributed by atoms with Crippen molar-refractivity contribution in [3.8, 4) is 0 Å². The first-order valence-corrected chi connectivity index (χ1v) is 7.63. The second-order valence-corrected chi connectivity index (χ2v) is 6.09. The number of aromatic amines is 1. The molecule has 0 fully saturated rings. The lowest BCUT2D eigenvalue weighted by molar-refractivity contribution is -0.116. The van der Waals surface area contributed by atoms with Crippen molar-refractivity contribution in [3.63, 3.8) is 0 Å². The van der Waals surface area contributed by atoms with Crippen LogP contribution in [0.4, 0.5) is 5.82 Å². The molecule has 2 aromatic rings. The first-order chi connectivity index (χ1) is 10.5. The van der Waals surface area contributed by atoms with Crippen molar-refractivity contribution >= 4 is 23.9 Å². The van der Waals surface area contributed by atoms with Crippen LogP contribution in [0, 0.1) is 4.77 Å². The van der Waals surface area contributed by atoms with E-state index in [0.717, 1.165) is 5.56 Å². The van der Waals surface area contributed by atoms with E-state index in [0.29, 0.717) is 16.2 Å². The van der Waals surface area contributed by atoms with Crippen molar-refractivity contribution in [1.29, 1.82) is 0 Å². The molecule has 3 rings (SSSR count). The van der Waals surface area contributed by atoms with Gasteiger partial charge in [-0.1, -0.05) is 30.3 Å². The molecule has 2 N–H and O–H groups in total. The smallest absolute Gasteiger partial charge is 0.260 e. The molecule has 1 aromatic carbocycles. The van der Waals surface area contributed by atoms with Crippen molar-refractivity contribution in [2.45, 2.75) is 32.2 Å². The normalized spacial score (nSPS) is 17.2. The van der Waals surface area contributed by atoms with Gasteiger partial charge in [-0.2, -0.15) is 0 Å². The number of nitrogens with zero attached hydrogens (tertiary/aromatic N) is 1. The SMILES string of the molecule is CC(C)n1c(=S)[nH]c2c(c1=O)C(c1ccccc1)CC(=O)N2. The van der Waals surface area contributed by atoms with Gasteiger partial charge in [-0.3, -0.25) is 14.2 Å². The number of nitrogens with one attached hydrogen (secondary N) is 2. The number of hydrogen-bond donors (Lipinski definition) is 2. The highest BCUT2D eigenvalue weighted by Crippen LogP contribution is 2.33. The molecule has 0 aliphatic carbocycles. The molecular weight excluding hydrogens is 298 g/mol. The summed E-state index contributed by atoms with van der Waals surface area (Å²) in [5, 5.41) is 2.73. The van der Waals surface area contributed by atoms with Crippen molar-refractivity contribution in [2.75, 3.05) is 5.32 Å². The van der Waals surface area contributed by atoms with Crippen LogP contribution in [0.15, 0.2) is 35.1 Å². The fourth-order valence-corrected chi connectivity index (χ4v) is 3.30. The minimum atomic E-state index is -0.255. The maximum Gasteiger partial charge on any atom is 0.260 e. The number of carbonyl (C=O) groups is 1. The van der Waals surface area contributed by atoms with Gasteiger partial charge in [-0.05, 0) is 31.6 Å². The molecule has 1 unspecified atom stereocenters. The Kier molecular flexibility index (Phi) is 3.70. The molecule has 6 heteroatoms. The van der Waals surface area contributed by atoms with Gasteiger partial charge in [0.25, 0.3) is 5.56 Å². The largest absolute Gasteiger partial charge is 0.318 e. The lowest BCUT2D eigenvalue weighted by Crippen LogP contribution is -2.35. The van der Waals surface area contributed by atoms with E-state index in [4.69, 9.17) is 12.2 Å². The molecule has 22 heavy (non-hydrogen) atoms. The van der Waals surface area contributed by atoms with E-state index in [2.05, 4.69) is 10.3 Å². The zero-order valence-corrected chi connectivity index (χ0v) is 13.2. The number of rotatable bonds is 2.